The normalized spacial score (nSPS) is 20.8. The lowest BCUT2D eigenvalue weighted by Crippen LogP contribution is -2.37. The zero-order valence-corrected chi connectivity index (χ0v) is 12.9. The lowest BCUT2D eigenvalue weighted by atomic mass is 9.97. The molecule has 0 amide bonds. The average molecular weight is 276 g/mol. The number of aryl methyl sites for hydroxylation is 2. The van der Waals surface area contributed by atoms with Gasteiger partial charge in [-0.1, -0.05) is 6.92 Å². The predicted octanol–water partition coefficient (Wildman–Crippen LogP) is 1.95. The van der Waals surface area contributed by atoms with Gasteiger partial charge in [0.25, 0.3) is 0 Å². The van der Waals surface area contributed by atoms with E-state index in [0.29, 0.717) is 0 Å². The van der Waals surface area contributed by atoms with Crippen LogP contribution in [-0.4, -0.2) is 40.4 Å². The quantitative estimate of drug-likeness (QED) is 0.862. The molecule has 2 aliphatic rings. The second-order valence-electron chi connectivity index (χ2n) is 6.48. The summed E-state index contributed by atoms with van der Waals surface area (Å²) in [5.41, 5.74) is 2.72. The van der Waals surface area contributed by atoms with Crippen LogP contribution in [0.2, 0.25) is 0 Å². The molecule has 1 aromatic heterocycles. The van der Waals surface area contributed by atoms with Crippen LogP contribution in [0.4, 0.5) is 0 Å². The molecule has 0 spiro atoms. The molecule has 0 aromatic carbocycles. The molecule has 3 rings (SSSR count). The van der Waals surface area contributed by atoms with E-state index in [4.69, 9.17) is 0 Å². The number of aromatic nitrogens is 2. The van der Waals surface area contributed by atoms with Crippen LogP contribution in [0.1, 0.15) is 43.9 Å². The number of piperidine rings is 1. The van der Waals surface area contributed by atoms with E-state index in [9.17, 15) is 0 Å². The van der Waals surface area contributed by atoms with Crippen molar-refractivity contribution in [1.29, 1.82) is 0 Å². The number of hydrogen-bond donors (Lipinski definition) is 1. The van der Waals surface area contributed by atoms with Gasteiger partial charge in [0.1, 0.15) is 0 Å². The molecule has 112 valence electrons. The standard InChI is InChI=1S/C16H28N4/c1-3-16-14(11-19(2)18-16)12-20(15-4-5-15)10-13-6-8-17-9-7-13/h11,13,15,17H,3-10,12H2,1-2H3. The Morgan fingerprint density at radius 3 is 2.70 bits per heavy atom. The highest BCUT2D eigenvalue weighted by molar-refractivity contribution is 5.17. The first-order valence-corrected chi connectivity index (χ1v) is 8.22. The Kier molecular flexibility index (Phi) is 4.41. The van der Waals surface area contributed by atoms with Gasteiger partial charge >= 0.3 is 0 Å². The van der Waals surface area contributed by atoms with Gasteiger partial charge in [0, 0.05) is 37.9 Å². The Hall–Kier alpha value is -0.870. The minimum Gasteiger partial charge on any atom is -0.317 e. The maximum Gasteiger partial charge on any atom is 0.0666 e. The highest BCUT2D eigenvalue weighted by Crippen LogP contribution is 2.30. The van der Waals surface area contributed by atoms with Crippen molar-refractivity contribution >= 4 is 0 Å². The zero-order chi connectivity index (χ0) is 13.9. The summed E-state index contributed by atoms with van der Waals surface area (Å²) in [4.78, 5) is 2.73. The third-order valence-electron chi connectivity index (χ3n) is 4.71. The van der Waals surface area contributed by atoms with Gasteiger partial charge in [-0.3, -0.25) is 9.58 Å². The first-order valence-electron chi connectivity index (χ1n) is 8.22. The number of rotatable bonds is 6. The van der Waals surface area contributed by atoms with Crippen LogP contribution < -0.4 is 5.32 Å². The SMILES string of the molecule is CCc1nn(C)cc1CN(CC1CCNCC1)C1CC1. The van der Waals surface area contributed by atoms with Crippen LogP contribution in [0.3, 0.4) is 0 Å². The number of nitrogens with zero attached hydrogens (tertiary/aromatic N) is 3. The Morgan fingerprint density at radius 1 is 1.30 bits per heavy atom. The molecule has 20 heavy (non-hydrogen) atoms. The lowest BCUT2D eigenvalue weighted by Gasteiger charge is -2.30. The average Bonchev–Trinajstić information content (AvgIpc) is 3.24. The Balaban J connectivity index is 1.64. The fraction of sp³-hybridized carbons (Fsp3) is 0.812. The monoisotopic (exact) mass is 276 g/mol. The molecule has 4 nitrogen and oxygen atoms in total. The Morgan fingerprint density at radius 2 is 2.05 bits per heavy atom. The third-order valence-corrected chi connectivity index (χ3v) is 4.71. The third kappa shape index (κ3) is 3.41. The maximum absolute atomic E-state index is 4.59. The van der Waals surface area contributed by atoms with E-state index in [0.717, 1.165) is 24.9 Å². The van der Waals surface area contributed by atoms with Gasteiger partial charge in [-0.25, -0.2) is 0 Å². The van der Waals surface area contributed by atoms with E-state index in [2.05, 4.69) is 28.4 Å². The molecule has 2 fully saturated rings. The minimum atomic E-state index is 0.842. The summed E-state index contributed by atoms with van der Waals surface area (Å²) in [5, 5.41) is 8.06. The molecule has 1 aliphatic heterocycles. The number of nitrogens with one attached hydrogen (secondary N) is 1. The largest absolute Gasteiger partial charge is 0.317 e. The minimum absolute atomic E-state index is 0.842. The molecule has 1 saturated carbocycles. The molecule has 1 N–H and O–H groups in total. The van der Waals surface area contributed by atoms with E-state index in [-0.39, 0.29) is 0 Å². The van der Waals surface area contributed by atoms with E-state index in [1.165, 1.54) is 56.6 Å². The van der Waals surface area contributed by atoms with Crippen LogP contribution in [-0.2, 0) is 20.0 Å². The molecule has 1 aromatic rings. The summed E-state index contributed by atoms with van der Waals surface area (Å²) < 4.78 is 1.98. The van der Waals surface area contributed by atoms with E-state index in [1.807, 2.05) is 11.7 Å². The van der Waals surface area contributed by atoms with Crippen LogP contribution in [0.25, 0.3) is 0 Å². The van der Waals surface area contributed by atoms with Crippen LogP contribution >= 0.6 is 0 Å². The van der Waals surface area contributed by atoms with Crippen molar-refractivity contribution in [1.82, 2.24) is 20.0 Å². The van der Waals surface area contributed by atoms with Gasteiger partial charge in [0.2, 0.25) is 0 Å². The zero-order valence-electron chi connectivity index (χ0n) is 12.9. The molecule has 0 radical (unpaired) electrons. The van der Waals surface area contributed by atoms with Crippen molar-refractivity contribution in [3.63, 3.8) is 0 Å². The lowest BCUT2D eigenvalue weighted by molar-refractivity contribution is 0.190. The smallest absolute Gasteiger partial charge is 0.0666 e. The molecular formula is C16H28N4. The molecule has 0 bridgehead atoms. The molecule has 1 saturated heterocycles. The highest BCUT2D eigenvalue weighted by Gasteiger charge is 2.31. The van der Waals surface area contributed by atoms with Crippen molar-refractivity contribution in [2.24, 2.45) is 13.0 Å². The van der Waals surface area contributed by atoms with Crippen molar-refractivity contribution < 1.29 is 0 Å². The summed E-state index contributed by atoms with van der Waals surface area (Å²) in [6, 6.07) is 0.842. The van der Waals surface area contributed by atoms with Crippen molar-refractivity contribution in [3.8, 4) is 0 Å². The first kappa shape index (κ1) is 14.1. The van der Waals surface area contributed by atoms with Gasteiger partial charge in [-0.15, -0.1) is 0 Å². The molecule has 0 unspecified atom stereocenters. The fourth-order valence-electron chi connectivity index (χ4n) is 3.41. The van der Waals surface area contributed by atoms with Crippen LogP contribution in [0.5, 0.6) is 0 Å². The maximum atomic E-state index is 4.59. The summed E-state index contributed by atoms with van der Waals surface area (Å²) >= 11 is 0. The highest BCUT2D eigenvalue weighted by atomic mass is 15.3. The van der Waals surface area contributed by atoms with Gasteiger partial charge < -0.3 is 5.32 Å². The Bertz CT molecular complexity index is 430. The van der Waals surface area contributed by atoms with Gasteiger partial charge in [-0.2, -0.15) is 5.10 Å². The second kappa shape index (κ2) is 6.27. The predicted molar refractivity (Wildman–Crippen MR) is 81.6 cm³/mol. The van der Waals surface area contributed by atoms with E-state index in [1.54, 1.807) is 0 Å². The van der Waals surface area contributed by atoms with Gasteiger partial charge in [-0.05, 0) is 51.1 Å². The summed E-state index contributed by atoms with van der Waals surface area (Å²) in [6.45, 7) is 7.00. The van der Waals surface area contributed by atoms with Crippen molar-refractivity contribution in [2.45, 2.75) is 51.6 Å². The molecule has 4 heteroatoms. The molecular weight excluding hydrogens is 248 g/mol. The fourth-order valence-corrected chi connectivity index (χ4v) is 3.41. The molecule has 0 atom stereocenters. The summed E-state index contributed by atoms with van der Waals surface area (Å²) in [7, 11) is 2.04. The van der Waals surface area contributed by atoms with Crippen molar-refractivity contribution in [2.75, 3.05) is 19.6 Å². The summed E-state index contributed by atoms with van der Waals surface area (Å²) in [6.07, 6.45) is 8.74. The first-order chi connectivity index (χ1) is 9.76. The van der Waals surface area contributed by atoms with Crippen molar-refractivity contribution in [3.05, 3.63) is 17.5 Å². The van der Waals surface area contributed by atoms with E-state index < -0.39 is 0 Å². The number of hydrogen-bond acceptors (Lipinski definition) is 3. The Labute approximate surface area is 122 Å². The van der Waals surface area contributed by atoms with Gasteiger partial charge in [0.15, 0.2) is 0 Å². The summed E-state index contributed by atoms with van der Waals surface area (Å²) in [5.74, 6) is 0.888. The molecule has 2 heterocycles. The molecule has 1 aliphatic carbocycles. The van der Waals surface area contributed by atoms with E-state index >= 15 is 0 Å². The van der Waals surface area contributed by atoms with Crippen LogP contribution in [0.15, 0.2) is 6.20 Å². The second-order valence-corrected chi connectivity index (χ2v) is 6.48. The topological polar surface area (TPSA) is 33.1 Å². The van der Waals surface area contributed by atoms with Crippen LogP contribution in [0, 0.1) is 5.92 Å². The van der Waals surface area contributed by atoms with Gasteiger partial charge in [0.05, 0.1) is 5.69 Å².